The zero-order chi connectivity index (χ0) is 15.8. The predicted molar refractivity (Wildman–Crippen MR) is 82.7 cm³/mol. The fourth-order valence-corrected chi connectivity index (χ4v) is 3.02. The van der Waals surface area contributed by atoms with Crippen LogP contribution in [-0.4, -0.2) is 45.9 Å². The highest BCUT2D eigenvalue weighted by atomic mass is 16.5. The topological polar surface area (TPSA) is 72.4 Å². The summed E-state index contributed by atoms with van der Waals surface area (Å²) in [5, 5.41) is 0.852. The zero-order valence-corrected chi connectivity index (χ0v) is 12.6. The van der Waals surface area contributed by atoms with Crippen molar-refractivity contribution in [2.75, 3.05) is 13.2 Å². The molecule has 0 aromatic carbocycles. The van der Waals surface area contributed by atoms with Crippen molar-refractivity contribution in [1.82, 2.24) is 14.9 Å². The number of likely N-dealkylation sites (tertiary alicyclic amines) is 1. The number of pyridine rings is 2. The highest BCUT2D eigenvalue weighted by Gasteiger charge is 2.39. The van der Waals surface area contributed by atoms with Gasteiger partial charge in [0, 0.05) is 42.7 Å². The summed E-state index contributed by atoms with van der Waals surface area (Å²) in [6.45, 7) is 0.987. The second-order valence-corrected chi connectivity index (χ2v) is 6.24. The van der Waals surface area contributed by atoms with E-state index in [1.54, 1.807) is 18.5 Å². The van der Waals surface area contributed by atoms with Gasteiger partial charge in [0.2, 0.25) is 5.91 Å². The van der Waals surface area contributed by atoms with E-state index in [-0.39, 0.29) is 18.4 Å². The monoisotopic (exact) mass is 311 g/mol. The maximum absolute atomic E-state index is 12.2. The Labute approximate surface area is 133 Å². The summed E-state index contributed by atoms with van der Waals surface area (Å²) in [7, 11) is 0. The van der Waals surface area contributed by atoms with Crippen molar-refractivity contribution in [1.29, 1.82) is 0 Å². The minimum Gasteiger partial charge on any atom is -0.462 e. The van der Waals surface area contributed by atoms with E-state index in [9.17, 15) is 9.59 Å². The molecule has 6 heteroatoms. The van der Waals surface area contributed by atoms with Crippen LogP contribution in [0.4, 0.5) is 0 Å². The normalized spacial score (nSPS) is 21.0. The van der Waals surface area contributed by atoms with Crippen molar-refractivity contribution in [2.24, 2.45) is 5.92 Å². The number of nitrogens with zero attached hydrogens (tertiary/aromatic N) is 3. The Morgan fingerprint density at radius 3 is 3.04 bits per heavy atom. The average Bonchev–Trinajstić information content (AvgIpc) is 3.35. The van der Waals surface area contributed by atoms with E-state index in [0.29, 0.717) is 24.6 Å². The van der Waals surface area contributed by atoms with Crippen molar-refractivity contribution in [2.45, 2.75) is 25.3 Å². The number of aromatic nitrogens is 2. The van der Waals surface area contributed by atoms with Crippen molar-refractivity contribution < 1.29 is 14.3 Å². The molecule has 1 atom stereocenters. The summed E-state index contributed by atoms with van der Waals surface area (Å²) >= 11 is 0. The third-order valence-corrected chi connectivity index (χ3v) is 4.40. The van der Waals surface area contributed by atoms with Gasteiger partial charge in [0.05, 0.1) is 23.9 Å². The van der Waals surface area contributed by atoms with Crippen LogP contribution >= 0.6 is 0 Å². The van der Waals surface area contributed by atoms with Crippen LogP contribution in [0.15, 0.2) is 30.7 Å². The molecule has 1 aliphatic carbocycles. The molecule has 23 heavy (non-hydrogen) atoms. The highest BCUT2D eigenvalue weighted by Crippen LogP contribution is 2.32. The van der Waals surface area contributed by atoms with Crippen LogP contribution in [-0.2, 0) is 9.53 Å². The average molecular weight is 311 g/mol. The number of carbonyl (C=O) groups is 2. The molecule has 1 saturated heterocycles. The predicted octanol–water partition coefficient (Wildman–Crippen LogP) is 1.80. The van der Waals surface area contributed by atoms with Crippen molar-refractivity contribution in [3.05, 3.63) is 36.3 Å². The molecule has 2 fully saturated rings. The third kappa shape index (κ3) is 2.88. The van der Waals surface area contributed by atoms with Crippen molar-refractivity contribution >= 4 is 22.8 Å². The molecule has 0 radical (unpaired) electrons. The first-order chi connectivity index (χ1) is 11.2. The Morgan fingerprint density at radius 2 is 2.22 bits per heavy atom. The first-order valence-corrected chi connectivity index (χ1v) is 7.87. The van der Waals surface area contributed by atoms with Gasteiger partial charge in [0.25, 0.3) is 0 Å². The lowest BCUT2D eigenvalue weighted by atomic mass is 10.1. The van der Waals surface area contributed by atoms with Crippen LogP contribution in [0.25, 0.3) is 10.9 Å². The molecule has 2 aliphatic rings. The van der Waals surface area contributed by atoms with E-state index >= 15 is 0 Å². The summed E-state index contributed by atoms with van der Waals surface area (Å²) < 4.78 is 5.38. The molecule has 0 N–H and O–H groups in total. The summed E-state index contributed by atoms with van der Waals surface area (Å²) in [5.41, 5.74) is 1.16. The van der Waals surface area contributed by atoms with Crippen molar-refractivity contribution in [3.8, 4) is 0 Å². The van der Waals surface area contributed by atoms with Crippen LogP contribution in [0.2, 0.25) is 0 Å². The fraction of sp³-hybridized carbons (Fsp3) is 0.412. The molecule has 2 aromatic heterocycles. The second-order valence-electron chi connectivity index (χ2n) is 6.24. The molecular formula is C17H17N3O3. The van der Waals surface area contributed by atoms with Crippen LogP contribution in [0.1, 0.15) is 29.6 Å². The lowest BCUT2D eigenvalue weighted by molar-refractivity contribution is -0.128. The standard InChI is InChI=1S/C17H17N3O3/c21-16-5-11(9-20(16)14-1-2-14)10-23-17(22)13-6-12-3-4-18-8-15(12)19-7-13/h3-4,6-8,11,14H,1-2,5,9-10H2. The SMILES string of the molecule is O=C(OCC1CC(=O)N(C2CC2)C1)c1cnc2cnccc2c1. The van der Waals surface area contributed by atoms with Gasteiger partial charge in [-0.1, -0.05) is 0 Å². The van der Waals surface area contributed by atoms with Crippen LogP contribution < -0.4 is 0 Å². The Bertz CT molecular complexity index is 773. The second kappa shape index (κ2) is 5.61. The number of fused-ring (bicyclic) bond motifs is 1. The molecule has 4 rings (SSSR count). The molecule has 3 heterocycles. The van der Waals surface area contributed by atoms with Gasteiger partial charge < -0.3 is 9.64 Å². The molecule has 2 aromatic rings. The van der Waals surface area contributed by atoms with Gasteiger partial charge >= 0.3 is 5.97 Å². The number of hydrogen-bond donors (Lipinski definition) is 0. The van der Waals surface area contributed by atoms with Crippen LogP contribution in [0.3, 0.4) is 0 Å². The third-order valence-electron chi connectivity index (χ3n) is 4.40. The van der Waals surface area contributed by atoms with Crippen LogP contribution in [0, 0.1) is 5.92 Å². The Balaban J connectivity index is 1.38. The highest BCUT2D eigenvalue weighted by molar-refractivity contribution is 5.93. The smallest absolute Gasteiger partial charge is 0.339 e. The molecule has 1 amide bonds. The van der Waals surface area contributed by atoms with Crippen LogP contribution in [0.5, 0.6) is 0 Å². The van der Waals surface area contributed by atoms with Gasteiger partial charge in [-0.05, 0) is 25.0 Å². The number of hydrogen-bond acceptors (Lipinski definition) is 5. The Hall–Kier alpha value is -2.50. The largest absolute Gasteiger partial charge is 0.462 e. The molecule has 6 nitrogen and oxygen atoms in total. The van der Waals surface area contributed by atoms with Gasteiger partial charge in [0.15, 0.2) is 0 Å². The maximum Gasteiger partial charge on any atom is 0.339 e. The lowest BCUT2D eigenvalue weighted by Gasteiger charge is -2.15. The molecule has 0 spiro atoms. The fourth-order valence-electron chi connectivity index (χ4n) is 3.02. The lowest BCUT2D eigenvalue weighted by Crippen LogP contribution is -2.27. The molecule has 0 bridgehead atoms. The van der Waals surface area contributed by atoms with E-state index in [2.05, 4.69) is 9.97 Å². The summed E-state index contributed by atoms with van der Waals surface area (Å²) in [4.78, 5) is 34.2. The summed E-state index contributed by atoms with van der Waals surface area (Å²) in [5.74, 6) is -0.105. The van der Waals surface area contributed by atoms with Gasteiger partial charge in [-0.2, -0.15) is 0 Å². The van der Waals surface area contributed by atoms with E-state index in [1.807, 2.05) is 11.0 Å². The molecular weight excluding hydrogens is 294 g/mol. The summed E-state index contributed by atoms with van der Waals surface area (Å²) in [6, 6.07) is 3.99. The number of rotatable bonds is 4. The minimum atomic E-state index is -0.395. The molecule has 1 saturated carbocycles. The first kappa shape index (κ1) is 14.1. The van der Waals surface area contributed by atoms with E-state index in [1.165, 1.54) is 6.20 Å². The van der Waals surface area contributed by atoms with Gasteiger partial charge in [-0.3, -0.25) is 14.8 Å². The molecule has 1 aliphatic heterocycles. The molecule has 118 valence electrons. The number of amides is 1. The van der Waals surface area contributed by atoms with Gasteiger partial charge in [0.1, 0.15) is 0 Å². The minimum absolute atomic E-state index is 0.102. The Morgan fingerprint density at radius 1 is 1.35 bits per heavy atom. The summed E-state index contributed by atoms with van der Waals surface area (Å²) in [6.07, 6.45) is 7.51. The Kier molecular flexibility index (Phi) is 3.44. The number of esters is 1. The van der Waals surface area contributed by atoms with E-state index in [0.717, 1.165) is 23.7 Å². The maximum atomic E-state index is 12.2. The van der Waals surface area contributed by atoms with Gasteiger partial charge in [-0.25, -0.2) is 4.79 Å². The van der Waals surface area contributed by atoms with E-state index < -0.39 is 5.97 Å². The van der Waals surface area contributed by atoms with E-state index in [4.69, 9.17) is 4.74 Å². The quantitative estimate of drug-likeness (QED) is 0.805. The number of ether oxygens (including phenoxy) is 1. The van der Waals surface area contributed by atoms with Gasteiger partial charge in [-0.15, -0.1) is 0 Å². The van der Waals surface area contributed by atoms with Crippen molar-refractivity contribution in [3.63, 3.8) is 0 Å². The molecule has 1 unspecified atom stereocenters. The first-order valence-electron chi connectivity index (χ1n) is 7.87. The zero-order valence-electron chi connectivity index (χ0n) is 12.6. The number of carbonyl (C=O) groups excluding carboxylic acids is 2.